The normalized spacial score (nSPS) is 18.5. The summed E-state index contributed by atoms with van der Waals surface area (Å²) in [6.07, 6.45) is 6.50. The highest BCUT2D eigenvalue weighted by molar-refractivity contribution is 5.97. The van der Waals surface area contributed by atoms with E-state index in [1.54, 1.807) is 4.90 Å². The largest absolute Gasteiger partial charge is 0.346 e. The van der Waals surface area contributed by atoms with Gasteiger partial charge >= 0.3 is 0 Å². The lowest BCUT2D eigenvalue weighted by molar-refractivity contribution is -0.107. The minimum Gasteiger partial charge on any atom is -0.346 e. The van der Waals surface area contributed by atoms with Crippen LogP contribution < -0.4 is 4.90 Å². The number of carbonyl (C=O) groups excluding carboxylic acids is 2. The second-order valence-corrected chi connectivity index (χ2v) is 8.38. The molecule has 2 aliphatic rings. The molecule has 1 aliphatic carbocycles. The number of benzene rings is 1. The highest BCUT2D eigenvalue weighted by atomic mass is 19.2. The Balaban J connectivity index is 1.49. The van der Waals surface area contributed by atoms with Gasteiger partial charge in [-0.25, -0.2) is 13.8 Å². The summed E-state index contributed by atoms with van der Waals surface area (Å²) in [4.78, 5) is 35.4. The molecular weight excluding hydrogens is 414 g/mol. The minimum atomic E-state index is -1.12. The molecule has 1 aromatic carbocycles. The number of amides is 2. The molecule has 32 heavy (non-hydrogen) atoms. The molecule has 2 amide bonds. The third kappa shape index (κ3) is 3.45. The van der Waals surface area contributed by atoms with Gasteiger partial charge in [-0.3, -0.25) is 14.5 Å². The monoisotopic (exact) mass is 436 g/mol. The summed E-state index contributed by atoms with van der Waals surface area (Å²) in [5.74, 6) is -2.15. The molecule has 6 nitrogen and oxygen atoms in total. The predicted molar refractivity (Wildman–Crippen MR) is 117 cm³/mol. The van der Waals surface area contributed by atoms with Crippen LogP contribution in [0.4, 0.5) is 14.6 Å². The first-order valence-electron chi connectivity index (χ1n) is 10.6. The molecule has 0 bridgehead atoms. The molecule has 1 saturated carbocycles. The third-order valence-electron chi connectivity index (χ3n) is 6.17. The SMILES string of the molecule is CC1CN(C(=O)c2cccc(F)c2F)CC=C1c1cc(N(C=O)C2CC2)nc2[nH]ccc12. The molecule has 3 aromatic rings. The van der Waals surface area contributed by atoms with Crippen molar-refractivity contribution in [3.8, 4) is 0 Å². The molecule has 1 atom stereocenters. The van der Waals surface area contributed by atoms with Crippen LogP contribution in [0.3, 0.4) is 0 Å². The number of H-pyrrole nitrogens is 1. The topological polar surface area (TPSA) is 69.3 Å². The van der Waals surface area contributed by atoms with Crippen molar-refractivity contribution in [2.45, 2.75) is 25.8 Å². The van der Waals surface area contributed by atoms with Gasteiger partial charge in [0.15, 0.2) is 11.6 Å². The number of aromatic nitrogens is 2. The highest BCUT2D eigenvalue weighted by Gasteiger charge is 2.32. The maximum absolute atomic E-state index is 14.1. The first-order valence-corrected chi connectivity index (χ1v) is 10.6. The Morgan fingerprint density at radius 1 is 1.28 bits per heavy atom. The fourth-order valence-corrected chi connectivity index (χ4v) is 4.37. The zero-order valence-corrected chi connectivity index (χ0v) is 17.5. The number of carbonyl (C=O) groups is 2. The molecule has 5 rings (SSSR count). The zero-order chi connectivity index (χ0) is 22.4. The van der Waals surface area contributed by atoms with Gasteiger partial charge in [-0.1, -0.05) is 19.1 Å². The van der Waals surface area contributed by atoms with Crippen molar-refractivity contribution >= 4 is 34.7 Å². The Labute approximate surface area is 183 Å². The molecule has 0 spiro atoms. The van der Waals surface area contributed by atoms with Gasteiger partial charge in [0.1, 0.15) is 11.5 Å². The van der Waals surface area contributed by atoms with E-state index in [0.717, 1.165) is 41.8 Å². The van der Waals surface area contributed by atoms with E-state index in [4.69, 9.17) is 0 Å². The van der Waals surface area contributed by atoms with E-state index in [1.165, 1.54) is 17.0 Å². The molecule has 1 unspecified atom stereocenters. The lowest BCUT2D eigenvalue weighted by atomic mass is 9.89. The van der Waals surface area contributed by atoms with Gasteiger partial charge < -0.3 is 9.88 Å². The Morgan fingerprint density at radius 2 is 2.09 bits per heavy atom. The number of fused-ring (bicyclic) bond motifs is 1. The van der Waals surface area contributed by atoms with Crippen LogP contribution in [0.15, 0.2) is 42.6 Å². The van der Waals surface area contributed by atoms with Crippen LogP contribution in [0.2, 0.25) is 0 Å². The van der Waals surface area contributed by atoms with E-state index in [0.29, 0.717) is 18.0 Å². The van der Waals surface area contributed by atoms with Crippen LogP contribution >= 0.6 is 0 Å². The Kier molecular flexibility index (Phi) is 5.00. The smallest absolute Gasteiger partial charge is 0.257 e. The van der Waals surface area contributed by atoms with Crippen LogP contribution in [-0.2, 0) is 4.79 Å². The van der Waals surface area contributed by atoms with Crippen molar-refractivity contribution in [1.82, 2.24) is 14.9 Å². The van der Waals surface area contributed by atoms with E-state index in [2.05, 4.69) is 9.97 Å². The molecular formula is C24H22F2N4O2. The lowest BCUT2D eigenvalue weighted by Crippen LogP contribution is -2.38. The molecule has 0 radical (unpaired) electrons. The minimum absolute atomic E-state index is 0.0525. The molecule has 164 valence electrons. The molecule has 3 heterocycles. The van der Waals surface area contributed by atoms with Gasteiger partial charge in [0.05, 0.1) is 5.56 Å². The van der Waals surface area contributed by atoms with Crippen molar-refractivity contribution < 1.29 is 18.4 Å². The van der Waals surface area contributed by atoms with Crippen molar-refractivity contribution in [2.75, 3.05) is 18.0 Å². The molecule has 2 aromatic heterocycles. The van der Waals surface area contributed by atoms with Crippen molar-refractivity contribution in [3.63, 3.8) is 0 Å². The zero-order valence-electron chi connectivity index (χ0n) is 17.5. The van der Waals surface area contributed by atoms with Gasteiger partial charge in [0.2, 0.25) is 6.41 Å². The fraction of sp³-hybridized carbons (Fsp3) is 0.292. The first-order chi connectivity index (χ1) is 15.5. The average Bonchev–Trinajstić information content (AvgIpc) is 3.50. The summed E-state index contributed by atoms with van der Waals surface area (Å²) in [5.41, 5.74) is 2.41. The van der Waals surface area contributed by atoms with Crippen LogP contribution in [0, 0.1) is 17.6 Å². The van der Waals surface area contributed by atoms with Crippen LogP contribution in [0.25, 0.3) is 16.6 Å². The number of hydrogen-bond acceptors (Lipinski definition) is 3. The third-order valence-corrected chi connectivity index (χ3v) is 6.17. The van der Waals surface area contributed by atoms with Gasteiger partial charge in [0.25, 0.3) is 5.91 Å². The molecule has 0 saturated heterocycles. The van der Waals surface area contributed by atoms with E-state index >= 15 is 0 Å². The maximum atomic E-state index is 14.1. The van der Waals surface area contributed by atoms with Gasteiger partial charge in [-0.15, -0.1) is 0 Å². The average molecular weight is 436 g/mol. The number of halogens is 2. The predicted octanol–water partition coefficient (Wildman–Crippen LogP) is 4.14. The first kappa shape index (κ1) is 20.4. The van der Waals surface area contributed by atoms with E-state index in [1.807, 2.05) is 31.3 Å². The number of rotatable bonds is 5. The summed E-state index contributed by atoms with van der Waals surface area (Å²) in [6, 6.07) is 7.68. The standard InChI is InChI=1S/C24H22F2N4O2/c1-14-12-29(24(32)18-3-2-4-20(25)22(18)26)10-8-16(14)19-11-21(30(13-31)15-5-6-15)28-23-17(19)7-9-27-23/h2-4,7-9,11,13-15H,5-6,10,12H2,1H3,(H,27,28). The molecule has 1 fully saturated rings. The van der Waals surface area contributed by atoms with Crippen LogP contribution in [0.5, 0.6) is 0 Å². The van der Waals surface area contributed by atoms with Crippen LogP contribution in [-0.4, -0.2) is 46.3 Å². The number of anilines is 1. The summed E-state index contributed by atoms with van der Waals surface area (Å²) in [6.45, 7) is 2.63. The second-order valence-electron chi connectivity index (χ2n) is 8.38. The Morgan fingerprint density at radius 3 is 2.81 bits per heavy atom. The van der Waals surface area contributed by atoms with Crippen molar-refractivity contribution in [2.24, 2.45) is 5.92 Å². The van der Waals surface area contributed by atoms with Crippen LogP contribution in [0.1, 0.15) is 35.7 Å². The van der Waals surface area contributed by atoms with E-state index < -0.39 is 17.5 Å². The van der Waals surface area contributed by atoms with Gasteiger partial charge in [0, 0.05) is 30.7 Å². The summed E-state index contributed by atoms with van der Waals surface area (Å²) < 4.78 is 27.7. The number of hydrogen-bond donors (Lipinski definition) is 1. The van der Waals surface area contributed by atoms with E-state index in [-0.39, 0.29) is 24.1 Å². The number of aromatic amines is 1. The number of nitrogens with zero attached hydrogens (tertiary/aromatic N) is 3. The fourth-order valence-electron chi connectivity index (χ4n) is 4.37. The number of pyridine rings is 1. The highest BCUT2D eigenvalue weighted by Crippen LogP contribution is 2.37. The summed E-state index contributed by atoms with van der Waals surface area (Å²) >= 11 is 0. The number of nitrogens with one attached hydrogen (secondary N) is 1. The van der Waals surface area contributed by atoms with Crippen molar-refractivity contribution in [3.05, 3.63) is 65.4 Å². The summed E-state index contributed by atoms with van der Waals surface area (Å²) in [5, 5.41) is 0.935. The Hall–Kier alpha value is -3.55. The lowest BCUT2D eigenvalue weighted by Gasteiger charge is -2.32. The van der Waals surface area contributed by atoms with E-state index in [9.17, 15) is 18.4 Å². The molecule has 1 aliphatic heterocycles. The van der Waals surface area contributed by atoms with Gasteiger partial charge in [-0.2, -0.15) is 0 Å². The quantitative estimate of drug-likeness (QED) is 0.611. The van der Waals surface area contributed by atoms with Gasteiger partial charge in [-0.05, 0) is 54.2 Å². The molecule has 8 heteroatoms. The maximum Gasteiger partial charge on any atom is 0.257 e. The Bertz CT molecular complexity index is 1250. The molecule has 1 N–H and O–H groups in total. The summed E-state index contributed by atoms with van der Waals surface area (Å²) in [7, 11) is 0. The van der Waals surface area contributed by atoms with Crippen molar-refractivity contribution in [1.29, 1.82) is 0 Å². The second kappa shape index (κ2) is 7.85.